The lowest BCUT2D eigenvalue weighted by atomic mass is 9.66. The lowest BCUT2D eigenvalue weighted by Crippen LogP contribution is -2.29. The molecule has 14 aromatic rings. The molecule has 1 aliphatic rings. The molecule has 0 fully saturated rings. The minimum absolute atomic E-state index is 0.679. The molecule has 0 saturated carbocycles. The molecule has 0 saturated heterocycles. The Bertz CT molecular complexity index is 4290. The van der Waals surface area contributed by atoms with Gasteiger partial charge in [0.25, 0.3) is 0 Å². The van der Waals surface area contributed by atoms with E-state index in [4.69, 9.17) is 8.83 Å². The first-order chi connectivity index (χ1) is 37.0. The Morgan fingerprint density at radius 3 is 1.16 bits per heavy atom. The van der Waals surface area contributed by atoms with Crippen molar-refractivity contribution in [3.8, 4) is 11.1 Å². The van der Waals surface area contributed by atoms with Crippen LogP contribution in [0.3, 0.4) is 0 Å². The van der Waals surface area contributed by atoms with E-state index in [0.29, 0.717) is 0 Å². The van der Waals surface area contributed by atoms with Crippen LogP contribution in [-0.4, -0.2) is 0 Å². The molecule has 2 aromatic heterocycles. The van der Waals surface area contributed by atoms with E-state index >= 15 is 0 Å². The standard InChI is InChI=1S/C71H48N2O2/c1-45-17-13-23-51(41-45)72(63-29-15-27-61-57-25-9-11-31-65(57)74-69(61)63)53-35-39-55-47(43-53)33-37-59-60-38-34-48-44-54(36-40-56(48)68(60)71(67(55)59,49-19-5-3-6-20-49)50-21-7-4-8-22-50)73(52-24-14-18-46(2)42-52)64-30-16-28-62-58-26-10-12-32-66(58)75-70(62)64/h3-44H,1-2H3. The fourth-order valence-electron chi connectivity index (χ4n) is 12.6. The number of fused-ring (bicyclic) bond motifs is 13. The summed E-state index contributed by atoms with van der Waals surface area (Å²) in [6.07, 6.45) is 0. The highest BCUT2D eigenvalue weighted by Gasteiger charge is 2.48. The summed E-state index contributed by atoms with van der Waals surface area (Å²) in [4.78, 5) is 4.72. The average molecular weight is 961 g/mol. The van der Waals surface area contributed by atoms with Crippen LogP contribution in [0, 0.1) is 13.8 Å². The molecule has 0 bridgehead atoms. The molecule has 0 amide bonds. The SMILES string of the molecule is Cc1cccc(N(c2ccc3c4c(ccc3c2)-c2ccc3cc(N(c5cccc(C)c5)c5cccc6c5oc5ccccc56)ccc3c2C4(c2ccccc2)c2ccccc2)c2cccc3c2oc2ccccc23)c1. The Kier molecular flexibility index (Phi) is 9.58. The van der Waals surface area contributed by atoms with Crippen molar-refractivity contribution in [3.05, 3.63) is 288 Å². The number of rotatable bonds is 8. The molecule has 0 N–H and O–H groups in total. The van der Waals surface area contributed by atoms with Crippen molar-refractivity contribution in [2.45, 2.75) is 19.3 Å². The van der Waals surface area contributed by atoms with Crippen molar-refractivity contribution in [3.63, 3.8) is 0 Å². The third kappa shape index (κ3) is 6.49. The van der Waals surface area contributed by atoms with Crippen LogP contribution in [-0.2, 0) is 5.41 Å². The van der Waals surface area contributed by atoms with Gasteiger partial charge in [0.05, 0.1) is 16.8 Å². The number of aryl methyl sites for hydroxylation is 2. The molecule has 0 spiro atoms. The summed E-state index contributed by atoms with van der Waals surface area (Å²) in [5.74, 6) is 0. The van der Waals surface area contributed by atoms with Gasteiger partial charge in [-0.15, -0.1) is 0 Å². The third-order valence-corrected chi connectivity index (χ3v) is 15.7. The first-order valence-electron chi connectivity index (χ1n) is 25.8. The molecule has 2 heterocycles. The highest BCUT2D eigenvalue weighted by Crippen LogP contribution is 2.60. The Labute approximate surface area is 434 Å². The number of hydrogen-bond acceptors (Lipinski definition) is 4. The summed E-state index contributed by atoms with van der Waals surface area (Å²) >= 11 is 0. The van der Waals surface area contributed by atoms with E-state index in [9.17, 15) is 0 Å². The van der Waals surface area contributed by atoms with Crippen LogP contribution in [0.2, 0.25) is 0 Å². The topological polar surface area (TPSA) is 32.8 Å². The summed E-state index contributed by atoms with van der Waals surface area (Å²) in [6, 6.07) is 93.0. The van der Waals surface area contributed by atoms with E-state index < -0.39 is 5.41 Å². The number of nitrogens with zero attached hydrogens (tertiary/aromatic N) is 2. The average Bonchev–Trinajstić information content (AvgIpc) is 4.22. The number of furan rings is 2. The molecule has 75 heavy (non-hydrogen) atoms. The normalized spacial score (nSPS) is 12.8. The molecule has 0 atom stereocenters. The second-order valence-corrected chi connectivity index (χ2v) is 20.1. The zero-order valence-electron chi connectivity index (χ0n) is 41.5. The van der Waals surface area contributed by atoms with Gasteiger partial charge < -0.3 is 18.6 Å². The smallest absolute Gasteiger partial charge is 0.159 e. The van der Waals surface area contributed by atoms with Crippen LogP contribution < -0.4 is 9.80 Å². The zero-order valence-corrected chi connectivity index (χ0v) is 41.5. The molecular weight excluding hydrogens is 913 g/mol. The summed E-state index contributed by atoms with van der Waals surface area (Å²) in [6.45, 7) is 4.32. The van der Waals surface area contributed by atoms with E-state index in [1.54, 1.807) is 0 Å². The lowest BCUT2D eigenvalue weighted by Gasteiger charge is -2.35. The molecule has 0 radical (unpaired) electrons. The molecule has 4 nitrogen and oxygen atoms in total. The summed E-state index contributed by atoms with van der Waals surface area (Å²) in [5.41, 5.74) is 18.9. The van der Waals surface area contributed by atoms with Crippen LogP contribution in [0.25, 0.3) is 76.5 Å². The Balaban J connectivity index is 0.963. The number of benzene rings is 12. The van der Waals surface area contributed by atoms with Gasteiger partial charge in [0.2, 0.25) is 0 Å². The van der Waals surface area contributed by atoms with Crippen LogP contribution in [0.5, 0.6) is 0 Å². The third-order valence-electron chi connectivity index (χ3n) is 15.7. The Hall–Kier alpha value is -9.64. The fourth-order valence-corrected chi connectivity index (χ4v) is 12.6. The number of anilines is 6. The maximum Gasteiger partial charge on any atom is 0.159 e. The van der Waals surface area contributed by atoms with Gasteiger partial charge in [-0.05, 0) is 153 Å². The molecule has 0 unspecified atom stereocenters. The highest BCUT2D eigenvalue weighted by molar-refractivity contribution is 6.13. The summed E-state index contributed by atoms with van der Waals surface area (Å²) in [5, 5.41) is 9.14. The van der Waals surface area contributed by atoms with E-state index in [-0.39, 0.29) is 0 Å². The molecule has 0 aliphatic heterocycles. The quantitative estimate of drug-likeness (QED) is 0.152. The second-order valence-electron chi connectivity index (χ2n) is 20.1. The van der Waals surface area contributed by atoms with Crippen molar-refractivity contribution in [2.24, 2.45) is 0 Å². The monoisotopic (exact) mass is 960 g/mol. The molecular formula is C71H48N2O2. The van der Waals surface area contributed by atoms with Crippen molar-refractivity contribution in [1.29, 1.82) is 0 Å². The maximum absolute atomic E-state index is 6.73. The predicted octanol–water partition coefficient (Wildman–Crippen LogP) is 19.7. The number of hydrogen-bond donors (Lipinski definition) is 0. The first-order valence-corrected chi connectivity index (χ1v) is 25.8. The van der Waals surface area contributed by atoms with Gasteiger partial charge >= 0.3 is 0 Å². The van der Waals surface area contributed by atoms with Crippen molar-refractivity contribution >= 4 is 99.5 Å². The zero-order chi connectivity index (χ0) is 49.8. The Morgan fingerprint density at radius 1 is 0.307 bits per heavy atom. The molecule has 354 valence electrons. The second kappa shape index (κ2) is 16.7. The van der Waals surface area contributed by atoms with E-state index in [1.165, 1.54) is 55.3 Å². The molecule has 15 rings (SSSR count). The van der Waals surface area contributed by atoms with Gasteiger partial charge in [-0.3, -0.25) is 0 Å². The maximum atomic E-state index is 6.73. The van der Waals surface area contributed by atoms with Gasteiger partial charge in [0.15, 0.2) is 11.2 Å². The van der Waals surface area contributed by atoms with E-state index in [0.717, 1.165) is 88.8 Å². The van der Waals surface area contributed by atoms with Gasteiger partial charge in [-0.2, -0.15) is 0 Å². The van der Waals surface area contributed by atoms with Crippen LogP contribution >= 0.6 is 0 Å². The van der Waals surface area contributed by atoms with Gasteiger partial charge in [0, 0.05) is 44.3 Å². The largest absolute Gasteiger partial charge is 0.454 e. The summed E-state index contributed by atoms with van der Waals surface area (Å²) in [7, 11) is 0. The van der Waals surface area contributed by atoms with E-state index in [2.05, 4.69) is 266 Å². The van der Waals surface area contributed by atoms with E-state index in [1.807, 2.05) is 12.1 Å². The Morgan fingerprint density at radius 2 is 0.707 bits per heavy atom. The lowest BCUT2D eigenvalue weighted by molar-refractivity contribution is 0.668. The summed E-state index contributed by atoms with van der Waals surface area (Å²) < 4.78 is 13.5. The number of para-hydroxylation sites is 4. The van der Waals surface area contributed by atoms with Crippen molar-refractivity contribution in [1.82, 2.24) is 0 Å². The fraction of sp³-hybridized carbons (Fsp3) is 0.0423. The molecule has 4 heteroatoms. The minimum Gasteiger partial charge on any atom is -0.454 e. The van der Waals surface area contributed by atoms with Gasteiger partial charge in [-0.1, -0.05) is 182 Å². The van der Waals surface area contributed by atoms with Gasteiger partial charge in [-0.25, -0.2) is 0 Å². The first kappa shape index (κ1) is 43.0. The minimum atomic E-state index is -0.679. The predicted molar refractivity (Wildman–Crippen MR) is 312 cm³/mol. The van der Waals surface area contributed by atoms with Crippen molar-refractivity contribution < 1.29 is 8.83 Å². The molecule has 12 aromatic carbocycles. The van der Waals surface area contributed by atoms with Crippen LogP contribution in [0.4, 0.5) is 34.1 Å². The molecule has 1 aliphatic carbocycles. The highest BCUT2D eigenvalue weighted by atomic mass is 16.3. The van der Waals surface area contributed by atoms with Gasteiger partial charge in [0.1, 0.15) is 11.2 Å². The van der Waals surface area contributed by atoms with Crippen LogP contribution in [0.15, 0.2) is 264 Å². The van der Waals surface area contributed by atoms with Crippen LogP contribution in [0.1, 0.15) is 33.4 Å². The van der Waals surface area contributed by atoms with Crippen molar-refractivity contribution in [2.75, 3.05) is 9.80 Å².